The molecule has 1 unspecified atom stereocenters. The summed E-state index contributed by atoms with van der Waals surface area (Å²) >= 11 is 0. The number of nitrogens with zero attached hydrogens (tertiary/aromatic N) is 1. The van der Waals surface area contributed by atoms with Gasteiger partial charge in [-0.2, -0.15) is 0 Å². The van der Waals surface area contributed by atoms with Crippen LogP contribution in [0, 0.1) is 6.92 Å². The monoisotopic (exact) mass is 204 g/mol. The first kappa shape index (κ1) is 11.9. The van der Waals surface area contributed by atoms with E-state index in [0.29, 0.717) is 0 Å². The SMILES string of the molecule is C=C(CC)CC(NC)c1cc(C)ccn1. The predicted octanol–water partition coefficient (Wildman–Crippen LogP) is 3.01. The minimum absolute atomic E-state index is 0.289. The van der Waals surface area contributed by atoms with Crippen LogP contribution < -0.4 is 5.32 Å². The van der Waals surface area contributed by atoms with Gasteiger partial charge in [-0.15, -0.1) is 0 Å². The van der Waals surface area contributed by atoms with Gasteiger partial charge in [0.25, 0.3) is 0 Å². The van der Waals surface area contributed by atoms with Crippen LogP contribution >= 0.6 is 0 Å². The zero-order valence-corrected chi connectivity index (χ0v) is 9.88. The van der Waals surface area contributed by atoms with Gasteiger partial charge < -0.3 is 5.32 Å². The number of hydrogen-bond acceptors (Lipinski definition) is 2. The number of hydrogen-bond donors (Lipinski definition) is 1. The molecule has 0 amide bonds. The Bertz CT molecular complexity index is 331. The minimum atomic E-state index is 0.289. The quantitative estimate of drug-likeness (QED) is 0.746. The Hall–Kier alpha value is -1.15. The molecule has 1 heterocycles. The molecule has 0 spiro atoms. The van der Waals surface area contributed by atoms with Crippen molar-refractivity contribution >= 4 is 0 Å². The first-order chi connectivity index (χ1) is 7.17. The topological polar surface area (TPSA) is 24.9 Å². The molecular formula is C13H20N2. The second-order valence-corrected chi connectivity index (χ2v) is 3.91. The van der Waals surface area contributed by atoms with Crippen LogP contribution in [-0.2, 0) is 0 Å². The van der Waals surface area contributed by atoms with Crippen molar-refractivity contribution in [3.63, 3.8) is 0 Å². The van der Waals surface area contributed by atoms with E-state index in [9.17, 15) is 0 Å². The molecule has 0 aliphatic carbocycles. The Kier molecular flexibility index (Phi) is 4.50. The van der Waals surface area contributed by atoms with Crippen molar-refractivity contribution in [2.45, 2.75) is 32.7 Å². The Balaban J connectivity index is 2.78. The Morgan fingerprint density at radius 1 is 1.60 bits per heavy atom. The van der Waals surface area contributed by atoms with Gasteiger partial charge in [-0.05, 0) is 44.5 Å². The summed E-state index contributed by atoms with van der Waals surface area (Å²) in [6.45, 7) is 8.27. The number of nitrogens with one attached hydrogen (secondary N) is 1. The Morgan fingerprint density at radius 3 is 2.87 bits per heavy atom. The van der Waals surface area contributed by atoms with Crippen LogP contribution in [-0.4, -0.2) is 12.0 Å². The molecule has 1 atom stereocenters. The lowest BCUT2D eigenvalue weighted by atomic mass is 10.0. The molecule has 0 aromatic carbocycles. The highest BCUT2D eigenvalue weighted by Gasteiger charge is 2.11. The Morgan fingerprint density at radius 2 is 2.33 bits per heavy atom. The summed E-state index contributed by atoms with van der Waals surface area (Å²) in [7, 11) is 1.97. The van der Waals surface area contributed by atoms with Crippen LogP contribution in [0.2, 0.25) is 0 Å². The van der Waals surface area contributed by atoms with Gasteiger partial charge in [-0.3, -0.25) is 4.98 Å². The lowest BCUT2D eigenvalue weighted by Crippen LogP contribution is -2.18. The molecule has 1 aromatic heterocycles. The number of aryl methyl sites for hydroxylation is 1. The summed E-state index contributed by atoms with van der Waals surface area (Å²) < 4.78 is 0. The standard InChI is InChI=1S/C13H20N2/c1-5-10(2)8-12(14-4)13-9-11(3)6-7-15-13/h6-7,9,12,14H,2,5,8H2,1,3-4H3. The van der Waals surface area contributed by atoms with E-state index in [1.807, 2.05) is 19.3 Å². The molecule has 2 heteroatoms. The van der Waals surface area contributed by atoms with Gasteiger partial charge in [0.1, 0.15) is 0 Å². The van der Waals surface area contributed by atoms with Gasteiger partial charge in [0.05, 0.1) is 11.7 Å². The van der Waals surface area contributed by atoms with Crippen molar-refractivity contribution in [2.24, 2.45) is 0 Å². The van der Waals surface area contributed by atoms with Crippen LogP contribution in [0.4, 0.5) is 0 Å². The molecule has 0 saturated carbocycles. The molecule has 0 bridgehead atoms. The summed E-state index contributed by atoms with van der Waals surface area (Å²) in [6, 6.07) is 4.44. The zero-order chi connectivity index (χ0) is 11.3. The summed E-state index contributed by atoms with van der Waals surface area (Å²) in [6.07, 6.45) is 3.86. The van der Waals surface area contributed by atoms with Crippen LogP contribution in [0.25, 0.3) is 0 Å². The van der Waals surface area contributed by atoms with E-state index in [-0.39, 0.29) is 6.04 Å². The average Bonchev–Trinajstić information content (AvgIpc) is 2.25. The van der Waals surface area contributed by atoms with Gasteiger partial charge in [0.15, 0.2) is 0 Å². The summed E-state index contributed by atoms with van der Waals surface area (Å²) in [5.74, 6) is 0. The van der Waals surface area contributed by atoms with Crippen molar-refractivity contribution in [1.29, 1.82) is 0 Å². The van der Waals surface area contributed by atoms with Crippen LogP contribution in [0.5, 0.6) is 0 Å². The predicted molar refractivity (Wildman–Crippen MR) is 64.8 cm³/mol. The minimum Gasteiger partial charge on any atom is -0.311 e. The highest BCUT2D eigenvalue weighted by Crippen LogP contribution is 2.20. The number of rotatable bonds is 5. The summed E-state index contributed by atoms with van der Waals surface area (Å²) in [5.41, 5.74) is 3.62. The first-order valence-corrected chi connectivity index (χ1v) is 5.43. The largest absolute Gasteiger partial charge is 0.311 e. The second kappa shape index (κ2) is 5.66. The van der Waals surface area contributed by atoms with Crippen molar-refractivity contribution in [3.05, 3.63) is 41.7 Å². The Labute approximate surface area is 92.4 Å². The molecule has 1 rings (SSSR count). The van der Waals surface area contributed by atoms with Gasteiger partial charge >= 0.3 is 0 Å². The fourth-order valence-corrected chi connectivity index (χ4v) is 1.54. The zero-order valence-electron chi connectivity index (χ0n) is 9.88. The van der Waals surface area contributed by atoms with E-state index >= 15 is 0 Å². The van der Waals surface area contributed by atoms with Crippen molar-refractivity contribution in [3.8, 4) is 0 Å². The third-order valence-electron chi connectivity index (χ3n) is 2.63. The van der Waals surface area contributed by atoms with E-state index < -0.39 is 0 Å². The van der Waals surface area contributed by atoms with E-state index in [2.05, 4.69) is 36.8 Å². The third-order valence-corrected chi connectivity index (χ3v) is 2.63. The highest BCUT2D eigenvalue weighted by atomic mass is 14.9. The lowest BCUT2D eigenvalue weighted by Gasteiger charge is -2.16. The molecule has 82 valence electrons. The first-order valence-electron chi connectivity index (χ1n) is 5.43. The van der Waals surface area contributed by atoms with Crippen LogP contribution in [0.1, 0.15) is 37.1 Å². The van der Waals surface area contributed by atoms with E-state index in [0.717, 1.165) is 18.5 Å². The fraction of sp³-hybridized carbons (Fsp3) is 0.462. The van der Waals surface area contributed by atoms with Crippen LogP contribution in [0.3, 0.4) is 0 Å². The maximum atomic E-state index is 4.39. The van der Waals surface area contributed by atoms with Gasteiger partial charge in [0.2, 0.25) is 0 Å². The van der Waals surface area contributed by atoms with Crippen LogP contribution in [0.15, 0.2) is 30.5 Å². The van der Waals surface area contributed by atoms with Crippen molar-refractivity contribution < 1.29 is 0 Å². The normalized spacial score (nSPS) is 12.5. The maximum Gasteiger partial charge on any atom is 0.0578 e. The van der Waals surface area contributed by atoms with Gasteiger partial charge in [-0.1, -0.05) is 19.1 Å². The molecule has 0 aliphatic heterocycles. The van der Waals surface area contributed by atoms with Gasteiger partial charge in [0, 0.05) is 6.20 Å². The smallest absolute Gasteiger partial charge is 0.0578 e. The van der Waals surface area contributed by atoms with Crippen molar-refractivity contribution in [2.75, 3.05) is 7.05 Å². The van der Waals surface area contributed by atoms with Crippen molar-refractivity contribution in [1.82, 2.24) is 10.3 Å². The molecule has 0 saturated heterocycles. The molecule has 0 aliphatic rings. The third kappa shape index (κ3) is 3.48. The molecular weight excluding hydrogens is 184 g/mol. The lowest BCUT2D eigenvalue weighted by molar-refractivity contribution is 0.567. The van der Waals surface area contributed by atoms with E-state index in [1.54, 1.807) is 0 Å². The average molecular weight is 204 g/mol. The highest BCUT2D eigenvalue weighted by molar-refractivity contribution is 5.18. The molecule has 1 aromatic rings. The maximum absolute atomic E-state index is 4.39. The molecule has 0 fully saturated rings. The molecule has 0 radical (unpaired) electrons. The number of pyridine rings is 1. The number of aromatic nitrogens is 1. The molecule has 15 heavy (non-hydrogen) atoms. The fourth-order valence-electron chi connectivity index (χ4n) is 1.54. The summed E-state index contributed by atoms with van der Waals surface area (Å²) in [4.78, 5) is 4.39. The molecule has 1 N–H and O–H groups in total. The summed E-state index contributed by atoms with van der Waals surface area (Å²) in [5, 5.41) is 3.29. The van der Waals surface area contributed by atoms with E-state index in [1.165, 1.54) is 11.1 Å². The van der Waals surface area contributed by atoms with E-state index in [4.69, 9.17) is 0 Å². The molecule has 2 nitrogen and oxygen atoms in total. The van der Waals surface area contributed by atoms with Gasteiger partial charge in [-0.25, -0.2) is 0 Å². The second-order valence-electron chi connectivity index (χ2n) is 3.91.